The van der Waals surface area contributed by atoms with Crippen molar-refractivity contribution in [2.75, 3.05) is 13.2 Å². The Morgan fingerprint density at radius 1 is 1.29 bits per heavy atom. The molecule has 0 aliphatic rings. The van der Waals surface area contributed by atoms with Gasteiger partial charge < -0.3 is 4.74 Å². The second kappa shape index (κ2) is 6.94. The van der Waals surface area contributed by atoms with Crippen molar-refractivity contribution in [3.05, 3.63) is 48.6 Å². The zero-order chi connectivity index (χ0) is 10.1. The van der Waals surface area contributed by atoms with Crippen molar-refractivity contribution in [3.63, 3.8) is 0 Å². The second-order valence-corrected chi connectivity index (χ2v) is 2.78. The lowest BCUT2D eigenvalue weighted by atomic mass is 10.2. The molecule has 0 saturated heterocycles. The van der Waals surface area contributed by atoms with E-state index in [9.17, 15) is 0 Å². The molecule has 1 rings (SSSR count). The van der Waals surface area contributed by atoms with Crippen molar-refractivity contribution in [3.8, 4) is 11.8 Å². The Bertz CT molecular complexity index is 316. The van der Waals surface area contributed by atoms with Crippen LogP contribution in [0.25, 0.3) is 0 Å². The van der Waals surface area contributed by atoms with Crippen LogP contribution in [0, 0.1) is 11.8 Å². The first-order chi connectivity index (χ1) is 6.93. The SMILES string of the molecule is C=CCOCCC#Cc1ccccc1. The highest BCUT2D eigenvalue weighted by Crippen LogP contribution is 1.94. The number of hydrogen-bond acceptors (Lipinski definition) is 1. The van der Waals surface area contributed by atoms with Gasteiger partial charge in [0.15, 0.2) is 0 Å². The maximum Gasteiger partial charge on any atom is 0.0645 e. The molecule has 0 aromatic heterocycles. The molecule has 1 aromatic rings. The van der Waals surface area contributed by atoms with E-state index >= 15 is 0 Å². The van der Waals surface area contributed by atoms with Gasteiger partial charge in [0.2, 0.25) is 0 Å². The molecule has 0 aliphatic heterocycles. The van der Waals surface area contributed by atoms with Crippen LogP contribution in [-0.4, -0.2) is 13.2 Å². The van der Waals surface area contributed by atoms with E-state index in [1.54, 1.807) is 6.08 Å². The Kier molecular flexibility index (Phi) is 5.23. The molecule has 0 bridgehead atoms. The highest BCUT2D eigenvalue weighted by Gasteiger charge is 1.82. The van der Waals surface area contributed by atoms with Gasteiger partial charge >= 0.3 is 0 Å². The van der Waals surface area contributed by atoms with Gasteiger partial charge in [-0.3, -0.25) is 0 Å². The van der Waals surface area contributed by atoms with Crippen molar-refractivity contribution in [2.24, 2.45) is 0 Å². The largest absolute Gasteiger partial charge is 0.376 e. The van der Waals surface area contributed by atoms with Crippen LogP contribution >= 0.6 is 0 Å². The van der Waals surface area contributed by atoms with Crippen molar-refractivity contribution in [1.29, 1.82) is 0 Å². The predicted octanol–water partition coefficient (Wildman–Crippen LogP) is 2.63. The molecule has 0 radical (unpaired) electrons. The zero-order valence-electron chi connectivity index (χ0n) is 8.20. The third-order valence-corrected chi connectivity index (χ3v) is 1.61. The highest BCUT2D eigenvalue weighted by atomic mass is 16.5. The summed E-state index contributed by atoms with van der Waals surface area (Å²) in [6.07, 6.45) is 2.51. The number of benzene rings is 1. The molecule has 0 heterocycles. The monoisotopic (exact) mass is 186 g/mol. The predicted molar refractivity (Wildman–Crippen MR) is 59.0 cm³/mol. The van der Waals surface area contributed by atoms with Crippen LogP contribution in [0.15, 0.2) is 43.0 Å². The number of hydrogen-bond donors (Lipinski definition) is 0. The molecule has 1 aromatic carbocycles. The fraction of sp³-hybridized carbons (Fsp3) is 0.231. The van der Waals surface area contributed by atoms with Crippen LogP contribution in [-0.2, 0) is 4.74 Å². The minimum Gasteiger partial charge on any atom is -0.376 e. The molecule has 0 aliphatic carbocycles. The molecule has 14 heavy (non-hydrogen) atoms. The molecule has 1 heteroatoms. The normalized spacial score (nSPS) is 8.86. The first kappa shape index (κ1) is 10.6. The fourth-order valence-corrected chi connectivity index (χ4v) is 0.976. The molecule has 0 unspecified atom stereocenters. The number of ether oxygens (including phenoxy) is 1. The van der Waals surface area contributed by atoms with E-state index in [1.165, 1.54) is 0 Å². The van der Waals surface area contributed by atoms with Crippen molar-refractivity contribution >= 4 is 0 Å². The van der Waals surface area contributed by atoms with Crippen LogP contribution in [0.5, 0.6) is 0 Å². The summed E-state index contributed by atoms with van der Waals surface area (Å²) in [5.41, 5.74) is 1.05. The van der Waals surface area contributed by atoms with Crippen LogP contribution in [0.3, 0.4) is 0 Å². The maximum absolute atomic E-state index is 5.20. The Balaban J connectivity index is 2.24. The molecule has 0 atom stereocenters. The van der Waals surface area contributed by atoms with Gasteiger partial charge in [-0.15, -0.1) is 6.58 Å². The van der Waals surface area contributed by atoms with Gasteiger partial charge in [-0.2, -0.15) is 0 Å². The molecule has 0 amide bonds. The molecule has 72 valence electrons. The molecule has 0 fully saturated rings. The Labute approximate surface area is 85.4 Å². The lowest BCUT2D eigenvalue weighted by molar-refractivity contribution is 0.169. The van der Waals surface area contributed by atoms with E-state index < -0.39 is 0 Å². The Morgan fingerprint density at radius 3 is 2.79 bits per heavy atom. The van der Waals surface area contributed by atoms with Gasteiger partial charge in [-0.05, 0) is 12.1 Å². The van der Waals surface area contributed by atoms with E-state index in [0.717, 1.165) is 12.0 Å². The average Bonchev–Trinajstić information content (AvgIpc) is 2.25. The molecular weight excluding hydrogens is 172 g/mol. The Hall–Kier alpha value is -1.52. The van der Waals surface area contributed by atoms with Crippen molar-refractivity contribution in [1.82, 2.24) is 0 Å². The Morgan fingerprint density at radius 2 is 2.07 bits per heavy atom. The summed E-state index contributed by atoms with van der Waals surface area (Å²) in [6, 6.07) is 9.95. The smallest absolute Gasteiger partial charge is 0.0645 e. The molecule has 0 spiro atoms. The van der Waals surface area contributed by atoms with E-state index in [0.29, 0.717) is 13.2 Å². The standard InChI is InChI=1S/C13H14O/c1-2-11-14-12-7-6-10-13-8-4-3-5-9-13/h2-5,8-9H,1,7,11-12H2. The van der Waals surface area contributed by atoms with Crippen molar-refractivity contribution in [2.45, 2.75) is 6.42 Å². The van der Waals surface area contributed by atoms with Gasteiger partial charge in [0.25, 0.3) is 0 Å². The van der Waals surface area contributed by atoms with Crippen LogP contribution in [0.4, 0.5) is 0 Å². The molecular formula is C13H14O. The van der Waals surface area contributed by atoms with Gasteiger partial charge in [-0.1, -0.05) is 36.1 Å². The van der Waals surface area contributed by atoms with Crippen molar-refractivity contribution < 1.29 is 4.74 Å². The number of rotatable bonds is 4. The minimum absolute atomic E-state index is 0.604. The summed E-state index contributed by atoms with van der Waals surface area (Å²) in [5, 5.41) is 0. The average molecular weight is 186 g/mol. The summed E-state index contributed by atoms with van der Waals surface area (Å²) in [4.78, 5) is 0. The van der Waals surface area contributed by atoms with Gasteiger partial charge in [0.05, 0.1) is 13.2 Å². The zero-order valence-corrected chi connectivity index (χ0v) is 8.20. The molecule has 1 nitrogen and oxygen atoms in total. The van der Waals surface area contributed by atoms with E-state index in [2.05, 4.69) is 18.4 Å². The lowest BCUT2D eigenvalue weighted by Crippen LogP contribution is -1.91. The van der Waals surface area contributed by atoms with Crippen LogP contribution in [0.2, 0.25) is 0 Å². The fourth-order valence-electron chi connectivity index (χ4n) is 0.976. The summed E-state index contributed by atoms with van der Waals surface area (Å²) >= 11 is 0. The highest BCUT2D eigenvalue weighted by molar-refractivity contribution is 5.33. The topological polar surface area (TPSA) is 9.23 Å². The van der Waals surface area contributed by atoms with E-state index in [-0.39, 0.29) is 0 Å². The first-order valence-corrected chi connectivity index (χ1v) is 4.66. The first-order valence-electron chi connectivity index (χ1n) is 4.66. The van der Waals surface area contributed by atoms with Crippen LogP contribution < -0.4 is 0 Å². The summed E-state index contributed by atoms with van der Waals surface area (Å²) in [7, 11) is 0. The lowest BCUT2D eigenvalue weighted by Gasteiger charge is -1.93. The molecule has 0 N–H and O–H groups in total. The minimum atomic E-state index is 0.604. The maximum atomic E-state index is 5.20. The third kappa shape index (κ3) is 4.49. The quantitative estimate of drug-likeness (QED) is 0.399. The summed E-state index contributed by atoms with van der Waals surface area (Å²) in [6.45, 7) is 4.84. The third-order valence-electron chi connectivity index (χ3n) is 1.61. The van der Waals surface area contributed by atoms with Crippen LogP contribution in [0.1, 0.15) is 12.0 Å². The summed E-state index contributed by atoms with van der Waals surface area (Å²) < 4.78 is 5.20. The van der Waals surface area contributed by atoms with E-state index in [4.69, 9.17) is 4.74 Å². The summed E-state index contributed by atoms with van der Waals surface area (Å²) in [5.74, 6) is 6.12. The van der Waals surface area contributed by atoms with Gasteiger partial charge in [-0.25, -0.2) is 0 Å². The van der Waals surface area contributed by atoms with E-state index in [1.807, 2.05) is 30.3 Å². The van der Waals surface area contributed by atoms with Gasteiger partial charge in [0, 0.05) is 12.0 Å². The second-order valence-electron chi connectivity index (χ2n) is 2.78. The van der Waals surface area contributed by atoms with Gasteiger partial charge in [0.1, 0.15) is 0 Å². The molecule has 0 saturated carbocycles.